The molecule has 0 radical (unpaired) electrons. The van der Waals surface area contributed by atoms with E-state index in [-0.39, 0.29) is 6.10 Å². The van der Waals surface area contributed by atoms with Crippen LogP contribution >= 0.6 is 0 Å². The summed E-state index contributed by atoms with van der Waals surface area (Å²) >= 11 is 0. The highest BCUT2D eigenvalue weighted by Gasteiger charge is 2.05. The third kappa shape index (κ3) is 4.80. The molecule has 1 aromatic rings. The van der Waals surface area contributed by atoms with Gasteiger partial charge in [0, 0.05) is 19.8 Å². The average molecular weight is 213 g/mol. The summed E-state index contributed by atoms with van der Waals surface area (Å²) in [5, 5.41) is 16.6. The lowest BCUT2D eigenvalue weighted by Crippen LogP contribution is -2.26. The monoisotopic (exact) mass is 213 g/mol. The van der Waals surface area contributed by atoms with Crippen molar-refractivity contribution in [2.45, 2.75) is 26.1 Å². The molecule has 86 valence electrons. The van der Waals surface area contributed by atoms with Gasteiger partial charge in [-0.25, -0.2) is 0 Å². The normalized spacial score (nSPS) is 13.1. The Balaban J connectivity index is 2.19. The maximum absolute atomic E-state index is 9.55. The van der Waals surface area contributed by atoms with Crippen molar-refractivity contribution in [2.24, 2.45) is 7.05 Å². The Morgan fingerprint density at radius 1 is 1.60 bits per heavy atom. The number of aliphatic hydroxyl groups is 1. The van der Waals surface area contributed by atoms with Crippen LogP contribution < -0.4 is 5.32 Å². The zero-order chi connectivity index (χ0) is 11.3. The molecule has 1 unspecified atom stereocenters. The molecule has 0 fully saturated rings. The number of ether oxygens (including phenoxy) is 1. The van der Waals surface area contributed by atoms with Crippen molar-refractivity contribution >= 4 is 5.69 Å². The maximum atomic E-state index is 9.55. The number of anilines is 1. The van der Waals surface area contributed by atoms with E-state index in [1.165, 1.54) is 0 Å². The average Bonchev–Trinajstić information content (AvgIpc) is 2.58. The standard InChI is InChI=1S/C10H19N3O2/c1-8(2)15-7-10(14)5-11-9-4-12-13(3)6-9/h4,6,8,10-11,14H,5,7H2,1-3H3. The highest BCUT2D eigenvalue weighted by atomic mass is 16.5. The molecule has 0 aliphatic carbocycles. The van der Waals surface area contributed by atoms with Gasteiger partial charge in [0.05, 0.1) is 30.7 Å². The van der Waals surface area contributed by atoms with E-state index in [0.717, 1.165) is 5.69 Å². The van der Waals surface area contributed by atoms with Crippen molar-refractivity contribution in [2.75, 3.05) is 18.5 Å². The van der Waals surface area contributed by atoms with Gasteiger partial charge in [-0.15, -0.1) is 0 Å². The fourth-order valence-electron chi connectivity index (χ4n) is 1.11. The van der Waals surface area contributed by atoms with Crippen LogP contribution in [-0.2, 0) is 11.8 Å². The Morgan fingerprint density at radius 3 is 2.87 bits per heavy atom. The van der Waals surface area contributed by atoms with Gasteiger partial charge in [-0.1, -0.05) is 0 Å². The quantitative estimate of drug-likeness (QED) is 0.727. The zero-order valence-corrected chi connectivity index (χ0v) is 9.47. The molecule has 5 nitrogen and oxygen atoms in total. The second-order valence-corrected chi connectivity index (χ2v) is 3.82. The number of nitrogens with zero attached hydrogens (tertiary/aromatic N) is 2. The van der Waals surface area contributed by atoms with Crippen molar-refractivity contribution in [3.63, 3.8) is 0 Å². The van der Waals surface area contributed by atoms with Gasteiger partial charge in [0.1, 0.15) is 0 Å². The Morgan fingerprint density at radius 2 is 2.33 bits per heavy atom. The van der Waals surface area contributed by atoms with Crippen LogP contribution in [0.5, 0.6) is 0 Å². The van der Waals surface area contributed by atoms with E-state index in [0.29, 0.717) is 13.2 Å². The molecule has 0 amide bonds. The number of aryl methyl sites for hydroxylation is 1. The lowest BCUT2D eigenvalue weighted by Gasteiger charge is -2.13. The Bertz CT molecular complexity index is 286. The number of hydrogen-bond donors (Lipinski definition) is 2. The highest BCUT2D eigenvalue weighted by Crippen LogP contribution is 2.03. The second-order valence-electron chi connectivity index (χ2n) is 3.82. The summed E-state index contributed by atoms with van der Waals surface area (Å²) in [4.78, 5) is 0. The predicted octanol–water partition coefficient (Wildman–Crippen LogP) is 0.618. The molecule has 2 N–H and O–H groups in total. The number of nitrogens with one attached hydrogen (secondary N) is 1. The molecule has 0 aliphatic rings. The smallest absolute Gasteiger partial charge is 0.0945 e. The first-order valence-corrected chi connectivity index (χ1v) is 5.10. The van der Waals surface area contributed by atoms with Crippen molar-refractivity contribution in [3.8, 4) is 0 Å². The molecule has 1 heterocycles. The third-order valence-corrected chi connectivity index (χ3v) is 1.87. The van der Waals surface area contributed by atoms with Gasteiger partial charge in [-0.05, 0) is 13.8 Å². The minimum absolute atomic E-state index is 0.151. The van der Waals surface area contributed by atoms with Gasteiger partial charge in [0.15, 0.2) is 0 Å². The number of aliphatic hydroxyl groups excluding tert-OH is 1. The molecule has 5 heteroatoms. The zero-order valence-electron chi connectivity index (χ0n) is 9.47. The molecule has 1 aromatic heterocycles. The molecule has 1 atom stereocenters. The molecule has 0 bridgehead atoms. The summed E-state index contributed by atoms with van der Waals surface area (Å²) in [6, 6.07) is 0. The van der Waals surface area contributed by atoms with Gasteiger partial charge in [0.25, 0.3) is 0 Å². The first kappa shape index (κ1) is 12.0. The van der Waals surface area contributed by atoms with Gasteiger partial charge in [-0.3, -0.25) is 4.68 Å². The summed E-state index contributed by atoms with van der Waals surface area (Å²) < 4.78 is 6.99. The Hall–Kier alpha value is -1.07. The van der Waals surface area contributed by atoms with Crippen molar-refractivity contribution < 1.29 is 9.84 Å². The Labute approximate surface area is 90.1 Å². The highest BCUT2D eigenvalue weighted by molar-refractivity contribution is 5.37. The SMILES string of the molecule is CC(C)OCC(O)CNc1cnn(C)c1. The van der Waals surface area contributed by atoms with Gasteiger partial charge in [-0.2, -0.15) is 5.10 Å². The van der Waals surface area contributed by atoms with Crippen LogP contribution in [-0.4, -0.2) is 40.2 Å². The molecule has 15 heavy (non-hydrogen) atoms. The first-order chi connectivity index (χ1) is 7.08. The largest absolute Gasteiger partial charge is 0.389 e. The summed E-state index contributed by atoms with van der Waals surface area (Å²) in [5.41, 5.74) is 0.904. The Kier molecular flexibility index (Phi) is 4.58. The minimum Gasteiger partial charge on any atom is -0.389 e. The summed E-state index contributed by atoms with van der Waals surface area (Å²) in [6.07, 6.45) is 3.23. The van der Waals surface area contributed by atoms with E-state index in [2.05, 4.69) is 10.4 Å². The predicted molar refractivity (Wildman–Crippen MR) is 58.8 cm³/mol. The lowest BCUT2D eigenvalue weighted by atomic mass is 10.3. The van der Waals surface area contributed by atoms with Crippen LogP contribution in [0.25, 0.3) is 0 Å². The van der Waals surface area contributed by atoms with E-state index < -0.39 is 6.10 Å². The molecular weight excluding hydrogens is 194 g/mol. The maximum Gasteiger partial charge on any atom is 0.0945 e. The van der Waals surface area contributed by atoms with Crippen molar-refractivity contribution in [1.29, 1.82) is 0 Å². The summed E-state index contributed by atoms with van der Waals surface area (Å²) in [7, 11) is 1.85. The summed E-state index contributed by atoms with van der Waals surface area (Å²) in [6.45, 7) is 4.71. The number of aromatic nitrogens is 2. The van der Waals surface area contributed by atoms with Crippen LogP contribution in [0.1, 0.15) is 13.8 Å². The fourth-order valence-corrected chi connectivity index (χ4v) is 1.11. The molecule has 0 aliphatic heterocycles. The van der Waals surface area contributed by atoms with E-state index >= 15 is 0 Å². The summed E-state index contributed by atoms with van der Waals surface area (Å²) in [5.74, 6) is 0. The van der Waals surface area contributed by atoms with E-state index in [4.69, 9.17) is 4.74 Å². The van der Waals surface area contributed by atoms with Crippen molar-refractivity contribution in [1.82, 2.24) is 9.78 Å². The van der Waals surface area contributed by atoms with E-state index in [9.17, 15) is 5.11 Å². The van der Waals surface area contributed by atoms with Crippen LogP contribution in [0, 0.1) is 0 Å². The first-order valence-electron chi connectivity index (χ1n) is 5.10. The van der Waals surface area contributed by atoms with Crippen molar-refractivity contribution in [3.05, 3.63) is 12.4 Å². The second kappa shape index (κ2) is 5.72. The van der Waals surface area contributed by atoms with Gasteiger partial charge < -0.3 is 15.2 Å². The van der Waals surface area contributed by atoms with Crippen LogP contribution in [0.4, 0.5) is 5.69 Å². The number of rotatable bonds is 6. The topological polar surface area (TPSA) is 59.3 Å². The van der Waals surface area contributed by atoms with E-state index in [1.54, 1.807) is 10.9 Å². The third-order valence-electron chi connectivity index (χ3n) is 1.87. The lowest BCUT2D eigenvalue weighted by molar-refractivity contribution is 0.0112. The van der Waals surface area contributed by atoms with Crippen LogP contribution in [0.2, 0.25) is 0 Å². The molecular formula is C10H19N3O2. The molecule has 0 spiro atoms. The fraction of sp³-hybridized carbons (Fsp3) is 0.700. The molecule has 0 saturated heterocycles. The van der Waals surface area contributed by atoms with Gasteiger partial charge in [0.2, 0.25) is 0 Å². The van der Waals surface area contributed by atoms with E-state index in [1.807, 2.05) is 27.1 Å². The molecule has 0 aromatic carbocycles. The number of hydrogen-bond acceptors (Lipinski definition) is 4. The van der Waals surface area contributed by atoms with Gasteiger partial charge >= 0.3 is 0 Å². The molecule has 0 saturated carbocycles. The minimum atomic E-state index is -0.493. The van der Waals surface area contributed by atoms with Crippen LogP contribution in [0.15, 0.2) is 12.4 Å². The van der Waals surface area contributed by atoms with Crippen LogP contribution in [0.3, 0.4) is 0 Å². The molecule has 1 rings (SSSR count).